The topological polar surface area (TPSA) is 73.1 Å². The summed E-state index contributed by atoms with van der Waals surface area (Å²) in [5.74, 6) is 0.483. The largest absolute Gasteiger partial charge is 0.484 e. The number of ether oxygens (including phenoxy) is 1. The Bertz CT molecular complexity index is 790. The van der Waals surface area contributed by atoms with Gasteiger partial charge in [-0.15, -0.1) is 5.10 Å². The first kappa shape index (κ1) is 15.7. The highest BCUT2D eigenvalue weighted by molar-refractivity contribution is 5.94. The molecule has 3 aromatic rings. The number of rotatable bonds is 6. The molecule has 0 unspecified atom stereocenters. The summed E-state index contributed by atoms with van der Waals surface area (Å²) in [4.78, 5) is 14.1. The Morgan fingerprint density at radius 1 is 1.17 bits per heavy atom. The molecule has 0 aliphatic carbocycles. The molecule has 0 saturated heterocycles. The Balaban J connectivity index is 1.67. The zero-order chi connectivity index (χ0) is 16.8. The van der Waals surface area contributed by atoms with Crippen LogP contribution < -0.4 is 9.64 Å². The van der Waals surface area contributed by atoms with E-state index in [-0.39, 0.29) is 12.5 Å². The van der Waals surface area contributed by atoms with Gasteiger partial charge in [-0.25, -0.2) is 4.68 Å². The lowest BCUT2D eigenvalue weighted by Gasteiger charge is -2.21. The molecule has 0 radical (unpaired) electrons. The summed E-state index contributed by atoms with van der Waals surface area (Å²) >= 11 is 0. The van der Waals surface area contributed by atoms with Crippen molar-refractivity contribution in [3.8, 4) is 11.4 Å². The van der Waals surface area contributed by atoms with E-state index < -0.39 is 0 Å². The van der Waals surface area contributed by atoms with Gasteiger partial charge in [0.1, 0.15) is 12.1 Å². The van der Waals surface area contributed by atoms with Gasteiger partial charge in [0.05, 0.1) is 5.69 Å². The van der Waals surface area contributed by atoms with Crippen LogP contribution in [0.15, 0.2) is 60.9 Å². The standard InChI is InChI=1S/C17H17N5O2/c1-2-21(14-7-4-3-5-8-14)17(23)12-24-16-10-6-9-15(11-16)22-13-18-19-20-22/h3-11,13H,2,12H2,1H3. The van der Waals surface area contributed by atoms with Crippen LogP contribution in [0.5, 0.6) is 5.75 Å². The Kier molecular flexibility index (Phi) is 4.81. The molecule has 0 aliphatic heterocycles. The van der Waals surface area contributed by atoms with Crippen molar-refractivity contribution in [1.82, 2.24) is 20.2 Å². The minimum atomic E-state index is -0.100. The van der Waals surface area contributed by atoms with Crippen molar-refractivity contribution in [2.75, 3.05) is 18.1 Å². The summed E-state index contributed by atoms with van der Waals surface area (Å²) in [6, 6.07) is 16.8. The fourth-order valence-corrected chi connectivity index (χ4v) is 2.33. The first-order valence-electron chi connectivity index (χ1n) is 7.59. The normalized spacial score (nSPS) is 10.4. The van der Waals surface area contributed by atoms with E-state index in [4.69, 9.17) is 4.74 Å². The summed E-state index contributed by atoms with van der Waals surface area (Å²) in [6.45, 7) is 2.47. The van der Waals surface area contributed by atoms with E-state index in [1.807, 2.05) is 49.4 Å². The minimum absolute atomic E-state index is 0.0399. The van der Waals surface area contributed by atoms with Crippen molar-refractivity contribution in [2.45, 2.75) is 6.92 Å². The molecule has 1 amide bonds. The lowest BCUT2D eigenvalue weighted by molar-refractivity contribution is -0.120. The summed E-state index contributed by atoms with van der Waals surface area (Å²) in [6.07, 6.45) is 1.50. The van der Waals surface area contributed by atoms with E-state index in [1.165, 1.54) is 11.0 Å². The number of aromatic nitrogens is 4. The first-order chi connectivity index (χ1) is 11.8. The molecule has 2 aromatic carbocycles. The highest BCUT2D eigenvalue weighted by Gasteiger charge is 2.14. The minimum Gasteiger partial charge on any atom is -0.484 e. The molecule has 0 saturated carbocycles. The van der Waals surface area contributed by atoms with Gasteiger partial charge in [-0.2, -0.15) is 0 Å². The average molecular weight is 323 g/mol. The van der Waals surface area contributed by atoms with Crippen LogP contribution in [0.25, 0.3) is 5.69 Å². The third kappa shape index (κ3) is 3.57. The van der Waals surface area contributed by atoms with Crippen LogP contribution in [0.1, 0.15) is 6.92 Å². The maximum atomic E-state index is 12.4. The number of carbonyl (C=O) groups excluding carboxylic acids is 1. The molecule has 122 valence electrons. The Hall–Kier alpha value is -3.22. The van der Waals surface area contributed by atoms with Gasteiger partial charge in [0.15, 0.2) is 6.61 Å². The van der Waals surface area contributed by atoms with E-state index >= 15 is 0 Å². The highest BCUT2D eigenvalue weighted by atomic mass is 16.5. The van der Waals surface area contributed by atoms with Crippen molar-refractivity contribution in [3.05, 3.63) is 60.9 Å². The lowest BCUT2D eigenvalue weighted by Crippen LogP contribution is -2.34. The van der Waals surface area contributed by atoms with Crippen molar-refractivity contribution < 1.29 is 9.53 Å². The monoisotopic (exact) mass is 323 g/mol. The summed E-state index contributed by atoms with van der Waals surface area (Å²) < 4.78 is 7.16. The van der Waals surface area contributed by atoms with Crippen LogP contribution in [-0.4, -0.2) is 39.3 Å². The second kappa shape index (κ2) is 7.36. The maximum absolute atomic E-state index is 12.4. The number of hydrogen-bond acceptors (Lipinski definition) is 5. The van der Waals surface area contributed by atoms with Crippen LogP contribution in [-0.2, 0) is 4.79 Å². The molecule has 7 nitrogen and oxygen atoms in total. The highest BCUT2D eigenvalue weighted by Crippen LogP contribution is 2.17. The fourth-order valence-electron chi connectivity index (χ4n) is 2.33. The molecule has 24 heavy (non-hydrogen) atoms. The van der Waals surface area contributed by atoms with E-state index in [9.17, 15) is 4.79 Å². The second-order valence-corrected chi connectivity index (χ2v) is 5.01. The van der Waals surface area contributed by atoms with Crippen LogP contribution in [0.2, 0.25) is 0 Å². The van der Waals surface area contributed by atoms with E-state index in [0.717, 1.165) is 11.4 Å². The van der Waals surface area contributed by atoms with E-state index in [0.29, 0.717) is 12.3 Å². The molecule has 3 rings (SSSR count). The Morgan fingerprint density at radius 2 is 2.00 bits per heavy atom. The molecule has 0 N–H and O–H groups in total. The molecule has 1 aromatic heterocycles. The van der Waals surface area contributed by atoms with Crippen molar-refractivity contribution in [3.63, 3.8) is 0 Å². The average Bonchev–Trinajstić information content (AvgIpc) is 3.16. The number of para-hydroxylation sites is 1. The Labute approximate surface area is 139 Å². The smallest absolute Gasteiger partial charge is 0.264 e. The molecule has 1 heterocycles. The number of hydrogen-bond donors (Lipinski definition) is 0. The summed E-state index contributed by atoms with van der Waals surface area (Å²) in [5.41, 5.74) is 1.62. The Morgan fingerprint density at radius 3 is 2.71 bits per heavy atom. The van der Waals surface area contributed by atoms with Crippen LogP contribution in [0.3, 0.4) is 0 Å². The zero-order valence-electron chi connectivity index (χ0n) is 13.2. The molecule has 7 heteroatoms. The van der Waals surface area contributed by atoms with Crippen LogP contribution in [0, 0.1) is 0 Å². The lowest BCUT2D eigenvalue weighted by atomic mass is 10.3. The van der Waals surface area contributed by atoms with Gasteiger partial charge in [0, 0.05) is 18.3 Å². The number of amides is 1. The van der Waals surface area contributed by atoms with Gasteiger partial charge in [-0.05, 0) is 41.6 Å². The van der Waals surface area contributed by atoms with Gasteiger partial charge in [0.25, 0.3) is 5.91 Å². The number of anilines is 1. The molecular formula is C17H17N5O2. The fraction of sp³-hybridized carbons (Fsp3) is 0.176. The summed E-state index contributed by atoms with van der Waals surface area (Å²) in [7, 11) is 0. The van der Waals surface area contributed by atoms with E-state index in [2.05, 4.69) is 15.5 Å². The molecule has 0 fully saturated rings. The quantitative estimate of drug-likeness (QED) is 0.694. The molecule has 0 atom stereocenters. The summed E-state index contributed by atoms with van der Waals surface area (Å²) in [5, 5.41) is 11.0. The van der Waals surface area contributed by atoms with Crippen molar-refractivity contribution in [1.29, 1.82) is 0 Å². The van der Waals surface area contributed by atoms with Crippen LogP contribution in [0.4, 0.5) is 5.69 Å². The third-order valence-corrected chi connectivity index (χ3v) is 3.48. The first-order valence-corrected chi connectivity index (χ1v) is 7.59. The number of nitrogens with zero attached hydrogens (tertiary/aromatic N) is 5. The third-order valence-electron chi connectivity index (χ3n) is 3.48. The van der Waals surface area contributed by atoms with Gasteiger partial charge in [-0.3, -0.25) is 4.79 Å². The van der Waals surface area contributed by atoms with Crippen molar-refractivity contribution in [2.24, 2.45) is 0 Å². The number of benzene rings is 2. The van der Waals surface area contributed by atoms with Gasteiger partial charge in [0.2, 0.25) is 0 Å². The second-order valence-electron chi connectivity index (χ2n) is 5.01. The number of tetrazole rings is 1. The molecular weight excluding hydrogens is 306 g/mol. The van der Waals surface area contributed by atoms with Crippen LogP contribution >= 0.6 is 0 Å². The maximum Gasteiger partial charge on any atom is 0.264 e. The van der Waals surface area contributed by atoms with Crippen molar-refractivity contribution >= 4 is 11.6 Å². The predicted molar refractivity (Wildman–Crippen MR) is 89.1 cm³/mol. The van der Waals surface area contributed by atoms with E-state index in [1.54, 1.807) is 17.0 Å². The SMILES string of the molecule is CCN(C(=O)COc1cccc(-n2cnnn2)c1)c1ccccc1. The molecule has 0 bridgehead atoms. The van der Waals surface area contributed by atoms with Gasteiger partial charge < -0.3 is 9.64 Å². The van der Waals surface area contributed by atoms with Gasteiger partial charge >= 0.3 is 0 Å². The molecule has 0 aliphatic rings. The van der Waals surface area contributed by atoms with Gasteiger partial charge in [-0.1, -0.05) is 24.3 Å². The zero-order valence-corrected chi connectivity index (χ0v) is 13.2. The molecule has 0 spiro atoms. The number of carbonyl (C=O) groups is 1. The predicted octanol–water partition coefficient (Wildman–Crippen LogP) is 2.09. The number of likely N-dealkylation sites (N-methyl/N-ethyl adjacent to an activating group) is 1.